The lowest BCUT2D eigenvalue weighted by Crippen LogP contribution is -2.60. The molecule has 1 aromatic carbocycles. The largest absolute Gasteiger partial charge is 0.458 e. The fourth-order valence-corrected chi connectivity index (χ4v) is 2.64. The Morgan fingerprint density at radius 2 is 1.65 bits per heavy atom. The molecule has 1 atom stereocenters. The summed E-state index contributed by atoms with van der Waals surface area (Å²) in [6, 6.07) is 7.67. The maximum atomic E-state index is 12.1. The second-order valence-electron chi connectivity index (χ2n) is 5.62. The molecule has 0 aliphatic rings. The van der Waals surface area contributed by atoms with Crippen LogP contribution >= 0.6 is 0 Å². The van der Waals surface area contributed by atoms with E-state index in [-0.39, 0.29) is 4.90 Å². The Labute approximate surface area is 119 Å². The number of hydrogen-bond acceptors (Lipinski definition) is 5. The third-order valence-corrected chi connectivity index (χ3v) is 3.81. The van der Waals surface area contributed by atoms with Crippen molar-refractivity contribution in [3.8, 4) is 0 Å². The van der Waals surface area contributed by atoms with Crippen molar-refractivity contribution < 1.29 is 17.9 Å². The Morgan fingerprint density at radius 3 is 2.10 bits per heavy atom. The van der Waals surface area contributed by atoms with Gasteiger partial charge in [-0.05, 0) is 39.8 Å². The van der Waals surface area contributed by atoms with Crippen LogP contribution in [0.2, 0.25) is 0 Å². The van der Waals surface area contributed by atoms with Crippen LogP contribution in [-0.4, -0.2) is 25.7 Å². The smallest absolute Gasteiger partial charge is 0.342 e. The number of nitrogens with one attached hydrogen (secondary N) is 1. The number of rotatable bonds is 4. The van der Waals surface area contributed by atoms with Gasteiger partial charge in [0.2, 0.25) is 10.0 Å². The summed E-state index contributed by atoms with van der Waals surface area (Å²) in [5.74, 6) is -0.843. The topological polar surface area (TPSA) is 98.5 Å². The Kier molecular flexibility index (Phi) is 4.58. The van der Waals surface area contributed by atoms with Gasteiger partial charge in [-0.15, -0.1) is 0 Å². The highest BCUT2D eigenvalue weighted by molar-refractivity contribution is 7.89. The molecule has 3 N–H and O–H groups in total. The van der Waals surface area contributed by atoms with Gasteiger partial charge in [0.25, 0.3) is 0 Å². The van der Waals surface area contributed by atoms with Crippen molar-refractivity contribution in [2.24, 2.45) is 5.73 Å². The molecule has 1 unspecified atom stereocenters. The highest BCUT2D eigenvalue weighted by atomic mass is 32.2. The molecule has 0 amide bonds. The van der Waals surface area contributed by atoms with E-state index in [2.05, 4.69) is 4.72 Å². The molecule has 1 rings (SSSR count). The van der Waals surface area contributed by atoms with E-state index in [1.807, 2.05) is 0 Å². The first-order chi connectivity index (χ1) is 8.94. The summed E-state index contributed by atoms with van der Waals surface area (Å²) < 4.78 is 31.5. The second kappa shape index (κ2) is 5.51. The maximum absolute atomic E-state index is 12.1. The molecular weight excluding hydrogens is 280 g/mol. The van der Waals surface area contributed by atoms with Gasteiger partial charge in [0.15, 0.2) is 5.66 Å². The zero-order valence-corrected chi connectivity index (χ0v) is 12.8. The summed E-state index contributed by atoms with van der Waals surface area (Å²) in [6.45, 7) is 6.27. The number of benzene rings is 1. The molecule has 0 aromatic heterocycles. The van der Waals surface area contributed by atoms with Crippen molar-refractivity contribution in [2.75, 3.05) is 0 Å². The molecular formula is C13H20N2O4S. The monoisotopic (exact) mass is 300 g/mol. The highest BCUT2D eigenvalue weighted by Gasteiger charge is 2.37. The van der Waals surface area contributed by atoms with Gasteiger partial charge in [-0.2, -0.15) is 4.72 Å². The van der Waals surface area contributed by atoms with Gasteiger partial charge < -0.3 is 10.5 Å². The van der Waals surface area contributed by atoms with Gasteiger partial charge in [0.1, 0.15) is 5.60 Å². The lowest BCUT2D eigenvalue weighted by Gasteiger charge is -2.28. The summed E-state index contributed by atoms with van der Waals surface area (Å²) >= 11 is 0. The van der Waals surface area contributed by atoms with E-state index in [0.29, 0.717) is 0 Å². The fraction of sp³-hybridized carbons (Fsp3) is 0.462. The van der Waals surface area contributed by atoms with E-state index >= 15 is 0 Å². The van der Waals surface area contributed by atoms with Crippen molar-refractivity contribution in [1.82, 2.24) is 4.72 Å². The SMILES string of the molecule is CC(C)(C)OC(=O)C(C)(N)NS(=O)(=O)c1ccccc1. The minimum atomic E-state index is -3.89. The van der Waals surface area contributed by atoms with Gasteiger partial charge in [0.05, 0.1) is 4.90 Å². The van der Waals surface area contributed by atoms with Crippen molar-refractivity contribution >= 4 is 16.0 Å². The summed E-state index contributed by atoms with van der Waals surface area (Å²) in [4.78, 5) is 11.9. The van der Waals surface area contributed by atoms with Crippen LogP contribution in [0, 0.1) is 0 Å². The highest BCUT2D eigenvalue weighted by Crippen LogP contribution is 2.14. The first-order valence-electron chi connectivity index (χ1n) is 6.05. The van der Waals surface area contributed by atoms with Gasteiger partial charge >= 0.3 is 5.97 Å². The molecule has 0 aliphatic carbocycles. The molecule has 0 spiro atoms. The van der Waals surface area contributed by atoms with E-state index in [9.17, 15) is 13.2 Å². The average Bonchev–Trinajstić information content (AvgIpc) is 2.26. The second-order valence-corrected chi connectivity index (χ2v) is 7.31. The Hall–Kier alpha value is -1.44. The van der Waals surface area contributed by atoms with E-state index in [0.717, 1.165) is 0 Å². The van der Waals surface area contributed by atoms with E-state index in [1.165, 1.54) is 19.1 Å². The minimum absolute atomic E-state index is 0.0280. The molecule has 0 radical (unpaired) electrons. The number of nitrogens with two attached hydrogens (primary N) is 1. The molecule has 0 heterocycles. The molecule has 20 heavy (non-hydrogen) atoms. The molecule has 0 bridgehead atoms. The Bertz CT molecular complexity index is 574. The Morgan fingerprint density at radius 1 is 1.15 bits per heavy atom. The van der Waals surface area contributed by atoms with Gasteiger partial charge in [0, 0.05) is 0 Å². The van der Waals surface area contributed by atoms with Crippen LogP contribution < -0.4 is 10.5 Å². The predicted octanol–water partition coefficient (Wildman–Crippen LogP) is 0.982. The van der Waals surface area contributed by atoms with Crippen molar-refractivity contribution in [2.45, 2.75) is 43.9 Å². The van der Waals surface area contributed by atoms with E-state index in [1.54, 1.807) is 39.0 Å². The van der Waals surface area contributed by atoms with Crippen molar-refractivity contribution in [3.63, 3.8) is 0 Å². The standard InChI is InChI=1S/C13H20N2O4S/c1-12(2,3)19-11(16)13(4,14)15-20(17,18)10-8-6-5-7-9-10/h5-9,15H,14H2,1-4H3. The predicted molar refractivity (Wildman–Crippen MR) is 75.2 cm³/mol. The third-order valence-electron chi connectivity index (χ3n) is 2.22. The fourth-order valence-electron chi connectivity index (χ4n) is 1.36. The quantitative estimate of drug-likeness (QED) is 0.638. The molecule has 1 aromatic rings. The zero-order valence-electron chi connectivity index (χ0n) is 12.0. The molecule has 6 nitrogen and oxygen atoms in total. The average molecular weight is 300 g/mol. The number of hydrogen-bond donors (Lipinski definition) is 2. The van der Waals surface area contributed by atoms with Crippen LogP contribution in [0.4, 0.5) is 0 Å². The lowest BCUT2D eigenvalue weighted by atomic mass is 10.1. The lowest BCUT2D eigenvalue weighted by molar-refractivity contribution is -0.161. The van der Waals surface area contributed by atoms with Gasteiger partial charge in [-0.1, -0.05) is 18.2 Å². The summed E-state index contributed by atoms with van der Waals surface area (Å²) in [7, 11) is -3.89. The first-order valence-corrected chi connectivity index (χ1v) is 7.54. The zero-order chi connectivity index (χ0) is 15.6. The molecule has 0 aliphatic heterocycles. The van der Waals surface area contributed by atoms with Crippen molar-refractivity contribution in [3.05, 3.63) is 30.3 Å². The number of carbonyl (C=O) groups excluding carboxylic acids is 1. The number of carbonyl (C=O) groups is 1. The maximum Gasteiger partial charge on any atom is 0.342 e. The van der Waals surface area contributed by atoms with Gasteiger partial charge in [-0.3, -0.25) is 0 Å². The third kappa shape index (κ3) is 4.59. The minimum Gasteiger partial charge on any atom is -0.458 e. The first kappa shape index (κ1) is 16.6. The summed E-state index contributed by atoms with van der Waals surface area (Å²) in [6.07, 6.45) is 0. The Balaban J connectivity index is 2.94. The molecule has 7 heteroatoms. The van der Waals surface area contributed by atoms with Crippen molar-refractivity contribution in [1.29, 1.82) is 0 Å². The van der Waals surface area contributed by atoms with Crippen LogP contribution in [-0.2, 0) is 19.6 Å². The molecule has 0 fully saturated rings. The number of sulfonamides is 1. The van der Waals surface area contributed by atoms with Crippen LogP contribution in [0.3, 0.4) is 0 Å². The van der Waals surface area contributed by atoms with E-state index in [4.69, 9.17) is 10.5 Å². The number of ether oxygens (including phenoxy) is 1. The molecule has 0 saturated heterocycles. The van der Waals surface area contributed by atoms with Crippen LogP contribution in [0.1, 0.15) is 27.7 Å². The van der Waals surface area contributed by atoms with Crippen LogP contribution in [0.15, 0.2) is 35.2 Å². The summed E-state index contributed by atoms with van der Waals surface area (Å²) in [5, 5.41) is 0. The van der Waals surface area contributed by atoms with Crippen LogP contribution in [0.5, 0.6) is 0 Å². The molecule has 112 valence electrons. The van der Waals surface area contributed by atoms with E-state index < -0.39 is 27.3 Å². The van der Waals surface area contributed by atoms with Gasteiger partial charge in [-0.25, -0.2) is 13.2 Å². The molecule has 0 saturated carbocycles. The van der Waals surface area contributed by atoms with Crippen LogP contribution in [0.25, 0.3) is 0 Å². The normalized spacial score (nSPS) is 15.4. The number of esters is 1. The summed E-state index contributed by atoms with van der Waals surface area (Å²) in [5.41, 5.74) is 3.13.